The average molecular weight is 409 g/mol. The van der Waals surface area contributed by atoms with E-state index in [4.69, 9.17) is 9.47 Å². The molecule has 0 aliphatic carbocycles. The number of benzene rings is 1. The lowest BCUT2D eigenvalue weighted by atomic mass is 10.1. The number of ether oxygens (including phenoxy) is 2. The summed E-state index contributed by atoms with van der Waals surface area (Å²) in [5.74, 6) is 0.445. The van der Waals surface area contributed by atoms with Crippen molar-refractivity contribution in [2.24, 2.45) is 0 Å². The monoisotopic (exact) mass is 408 g/mol. The summed E-state index contributed by atoms with van der Waals surface area (Å²) in [4.78, 5) is 12.4. The van der Waals surface area contributed by atoms with E-state index in [1.807, 2.05) is 45.0 Å². The predicted octanol–water partition coefficient (Wildman–Crippen LogP) is 4.27. The van der Waals surface area contributed by atoms with Gasteiger partial charge >= 0.3 is 0 Å². The molecule has 0 aliphatic rings. The first-order valence-electron chi connectivity index (χ1n) is 8.39. The molecular formula is C19H25BrN2O3. The number of rotatable bonds is 7. The molecule has 2 aromatic rings. The Labute approximate surface area is 157 Å². The third-order valence-corrected chi connectivity index (χ3v) is 4.29. The van der Waals surface area contributed by atoms with Crippen molar-refractivity contribution in [3.8, 4) is 5.75 Å². The van der Waals surface area contributed by atoms with E-state index in [1.165, 1.54) is 4.68 Å². The van der Waals surface area contributed by atoms with Crippen LogP contribution >= 0.6 is 15.9 Å². The fraction of sp³-hybridized carbons (Fsp3) is 0.474. The maximum atomic E-state index is 12.4. The first kappa shape index (κ1) is 19.7. The second-order valence-corrected chi connectivity index (χ2v) is 7.66. The quantitative estimate of drug-likeness (QED) is 0.641. The van der Waals surface area contributed by atoms with Gasteiger partial charge in [-0.3, -0.25) is 4.79 Å². The van der Waals surface area contributed by atoms with Crippen LogP contribution in [0.15, 0.2) is 39.7 Å². The zero-order valence-corrected chi connectivity index (χ0v) is 16.8. The first-order valence-corrected chi connectivity index (χ1v) is 9.19. The summed E-state index contributed by atoms with van der Waals surface area (Å²) >= 11 is 3.33. The summed E-state index contributed by atoms with van der Waals surface area (Å²) in [5, 5.41) is 4.21. The van der Waals surface area contributed by atoms with Gasteiger partial charge in [0.2, 0.25) is 0 Å². The number of aromatic nitrogens is 2. The third kappa shape index (κ3) is 5.41. The van der Waals surface area contributed by atoms with Crippen molar-refractivity contribution in [3.63, 3.8) is 0 Å². The van der Waals surface area contributed by atoms with Gasteiger partial charge in [-0.15, -0.1) is 0 Å². The van der Waals surface area contributed by atoms with E-state index in [1.54, 1.807) is 6.20 Å². The maximum Gasteiger partial charge on any atom is 0.285 e. The fourth-order valence-corrected chi connectivity index (χ4v) is 2.61. The maximum absolute atomic E-state index is 12.4. The molecular weight excluding hydrogens is 384 g/mol. The molecule has 0 amide bonds. The SMILES string of the molecule is CCCOCc1ccc(COc2cnn(C(C)(C)C)c(=O)c2Br)cc1. The van der Waals surface area contributed by atoms with Crippen LogP contribution in [0.4, 0.5) is 0 Å². The fourth-order valence-electron chi connectivity index (χ4n) is 2.22. The van der Waals surface area contributed by atoms with Crippen LogP contribution in [0, 0.1) is 0 Å². The molecule has 1 aromatic heterocycles. The summed E-state index contributed by atoms with van der Waals surface area (Å²) in [5.41, 5.74) is 1.57. The highest BCUT2D eigenvalue weighted by Crippen LogP contribution is 2.22. The largest absolute Gasteiger partial charge is 0.486 e. The molecule has 0 unspecified atom stereocenters. The molecule has 0 saturated carbocycles. The normalized spacial score (nSPS) is 11.6. The van der Waals surface area contributed by atoms with Crippen LogP contribution in [-0.2, 0) is 23.5 Å². The molecule has 6 heteroatoms. The highest BCUT2D eigenvalue weighted by atomic mass is 79.9. The van der Waals surface area contributed by atoms with Crippen molar-refractivity contribution >= 4 is 15.9 Å². The minimum atomic E-state index is -0.381. The van der Waals surface area contributed by atoms with E-state index in [-0.39, 0.29) is 11.1 Å². The van der Waals surface area contributed by atoms with E-state index < -0.39 is 0 Å². The minimum absolute atomic E-state index is 0.201. The predicted molar refractivity (Wildman–Crippen MR) is 102 cm³/mol. The van der Waals surface area contributed by atoms with Crippen molar-refractivity contribution in [1.82, 2.24) is 9.78 Å². The molecule has 0 atom stereocenters. The average Bonchev–Trinajstić information content (AvgIpc) is 2.56. The number of hydrogen-bond acceptors (Lipinski definition) is 4. The zero-order valence-electron chi connectivity index (χ0n) is 15.2. The summed E-state index contributed by atoms with van der Waals surface area (Å²) < 4.78 is 13.1. The number of halogens is 1. The molecule has 0 fully saturated rings. The van der Waals surface area contributed by atoms with Crippen molar-refractivity contribution in [2.45, 2.75) is 52.9 Å². The standard InChI is InChI=1S/C19H25BrN2O3/c1-5-10-24-12-14-6-8-15(9-7-14)13-25-16-11-21-22(19(2,3)4)18(23)17(16)20/h6-9,11H,5,10,12-13H2,1-4H3. The highest BCUT2D eigenvalue weighted by molar-refractivity contribution is 9.10. The minimum Gasteiger partial charge on any atom is -0.486 e. The molecule has 0 aliphatic heterocycles. The van der Waals surface area contributed by atoms with Gasteiger partial charge in [-0.05, 0) is 54.2 Å². The molecule has 136 valence electrons. The lowest BCUT2D eigenvalue weighted by Gasteiger charge is -2.21. The lowest BCUT2D eigenvalue weighted by molar-refractivity contribution is 0.121. The molecule has 0 bridgehead atoms. The van der Waals surface area contributed by atoms with E-state index >= 15 is 0 Å². The molecule has 2 rings (SSSR count). The van der Waals surface area contributed by atoms with Crippen LogP contribution in [0.5, 0.6) is 5.75 Å². The molecule has 0 spiro atoms. The Morgan fingerprint density at radius 2 is 1.72 bits per heavy atom. The number of nitrogens with zero attached hydrogens (tertiary/aromatic N) is 2. The van der Waals surface area contributed by atoms with Crippen molar-refractivity contribution in [2.75, 3.05) is 6.61 Å². The Kier molecular flexibility index (Phi) is 6.79. The molecule has 1 aromatic carbocycles. The van der Waals surface area contributed by atoms with Crippen LogP contribution in [-0.4, -0.2) is 16.4 Å². The Hall–Kier alpha value is -1.66. The highest BCUT2D eigenvalue weighted by Gasteiger charge is 2.19. The Balaban J connectivity index is 2.02. The smallest absolute Gasteiger partial charge is 0.285 e. The van der Waals surface area contributed by atoms with E-state index in [0.717, 1.165) is 24.2 Å². The van der Waals surface area contributed by atoms with Gasteiger partial charge in [0.15, 0.2) is 5.75 Å². The second kappa shape index (κ2) is 8.63. The molecule has 25 heavy (non-hydrogen) atoms. The van der Waals surface area contributed by atoms with Gasteiger partial charge in [0, 0.05) is 6.61 Å². The number of hydrogen-bond donors (Lipinski definition) is 0. The van der Waals surface area contributed by atoms with Crippen molar-refractivity contribution in [1.29, 1.82) is 0 Å². The van der Waals surface area contributed by atoms with Gasteiger partial charge in [0.25, 0.3) is 5.56 Å². The summed E-state index contributed by atoms with van der Waals surface area (Å²) in [6.07, 6.45) is 2.59. The second-order valence-electron chi connectivity index (χ2n) is 6.87. The van der Waals surface area contributed by atoms with Crippen LogP contribution in [0.3, 0.4) is 0 Å². The van der Waals surface area contributed by atoms with Gasteiger partial charge < -0.3 is 9.47 Å². The Bertz CT molecular complexity index is 749. The van der Waals surface area contributed by atoms with Gasteiger partial charge in [-0.1, -0.05) is 31.2 Å². The van der Waals surface area contributed by atoms with E-state index in [9.17, 15) is 4.79 Å². The third-order valence-electron chi connectivity index (χ3n) is 3.56. The van der Waals surface area contributed by atoms with E-state index in [2.05, 4.69) is 28.0 Å². The van der Waals surface area contributed by atoms with Crippen molar-refractivity contribution in [3.05, 3.63) is 56.4 Å². The van der Waals surface area contributed by atoms with Gasteiger partial charge in [-0.2, -0.15) is 5.10 Å². The Morgan fingerprint density at radius 3 is 2.28 bits per heavy atom. The van der Waals surface area contributed by atoms with Gasteiger partial charge in [-0.25, -0.2) is 4.68 Å². The van der Waals surface area contributed by atoms with Crippen LogP contribution in [0.2, 0.25) is 0 Å². The van der Waals surface area contributed by atoms with Gasteiger partial charge in [0.05, 0.1) is 18.3 Å². The topological polar surface area (TPSA) is 53.4 Å². The Morgan fingerprint density at radius 1 is 1.12 bits per heavy atom. The lowest BCUT2D eigenvalue weighted by Crippen LogP contribution is -2.36. The van der Waals surface area contributed by atoms with Crippen LogP contribution in [0.25, 0.3) is 0 Å². The molecule has 5 nitrogen and oxygen atoms in total. The molecule has 1 heterocycles. The molecule has 0 radical (unpaired) electrons. The zero-order chi connectivity index (χ0) is 18.4. The summed E-state index contributed by atoms with van der Waals surface area (Å²) in [6.45, 7) is 9.64. The summed E-state index contributed by atoms with van der Waals surface area (Å²) in [6, 6.07) is 8.06. The van der Waals surface area contributed by atoms with Crippen LogP contribution in [0.1, 0.15) is 45.2 Å². The van der Waals surface area contributed by atoms with Crippen molar-refractivity contribution < 1.29 is 9.47 Å². The van der Waals surface area contributed by atoms with E-state index in [0.29, 0.717) is 23.4 Å². The molecule has 0 N–H and O–H groups in total. The summed E-state index contributed by atoms with van der Waals surface area (Å²) in [7, 11) is 0. The van der Waals surface area contributed by atoms with Crippen LogP contribution < -0.4 is 10.3 Å². The van der Waals surface area contributed by atoms with Gasteiger partial charge in [0.1, 0.15) is 11.1 Å². The first-order chi connectivity index (χ1) is 11.8. The molecule has 0 saturated heterocycles.